The van der Waals surface area contributed by atoms with E-state index in [0.717, 1.165) is 30.9 Å². The molecule has 1 aliphatic rings. The van der Waals surface area contributed by atoms with Crippen LogP contribution >= 0.6 is 0 Å². The Labute approximate surface area is 158 Å². The highest BCUT2D eigenvalue weighted by Gasteiger charge is 2.16. The molecule has 27 heavy (non-hydrogen) atoms. The average molecular weight is 364 g/mol. The molecular weight excluding hydrogens is 340 g/mol. The minimum Gasteiger partial charge on any atom is -0.489 e. The summed E-state index contributed by atoms with van der Waals surface area (Å²) < 4.78 is 6.01. The largest absolute Gasteiger partial charge is 0.489 e. The molecule has 0 amide bonds. The van der Waals surface area contributed by atoms with E-state index < -0.39 is 0 Å². The van der Waals surface area contributed by atoms with Crippen molar-refractivity contribution in [3.05, 3.63) is 47.5 Å². The lowest BCUT2D eigenvalue weighted by molar-refractivity contribution is 0.223. The number of ether oxygens (including phenoxy) is 1. The van der Waals surface area contributed by atoms with Gasteiger partial charge in [-0.25, -0.2) is 5.10 Å². The Balaban J connectivity index is 1.54. The van der Waals surface area contributed by atoms with Crippen LogP contribution in [0.25, 0.3) is 11.1 Å². The maximum absolute atomic E-state index is 6.01. The first-order chi connectivity index (χ1) is 13.1. The second-order valence-corrected chi connectivity index (χ2v) is 6.91. The molecule has 0 spiro atoms. The van der Waals surface area contributed by atoms with Crippen molar-refractivity contribution < 1.29 is 4.74 Å². The van der Waals surface area contributed by atoms with Crippen LogP contribution in [0.3, 0.4) is 0 Å². The van der Waals surface area contributed by atoms with E-state index in [2.05, 4.69) is 76.1 Å². The maximum atomic E-state index is 6.01. The highest BCUT2D eigenvalue weighted by Crippen LogP contribution is 2.32. The zero-order valence-corrected chi connectivity index (χ0v) is 15.5. The zero-order valence-electron chi connectivity index (χ0n) is 15.5. The van der Waals surface area contributed by atoms with E-state index in [1.165, 1.54) is 22.3 Å². The average Bonchev–Trinajstić information content (AvgIpc) is 3.28. The van der Waals surface area contributed by atoms with Gasteiger partial charge in [-0.05, 0) is 73.3 Å². The summed E-state index contributed by atoms with van der Waals surface area (Å²) in [4.78, 5) is 4.08. The summed E-state index contributed by atoms with van der Waals surface area (Å²) in [7, 11) is 0. The van der Waals surface area contributed by atoms with Crippen LogP contribution < -0.4 is 21.1 Å². The monoisotopic (exact) mass is 364 g/mol. The molecule has 5 N–H and O–H groups in total. The van der Waals surface area contributed by atoms with Crippen LogP contribution in [0, 0.1) is 13.8 Å². The highest BCUT2D eigenvalue weighted by molar-refractivity contribution is 5.75. The maximum Gasteiger partial charge on any atom is 0.248 e. The van der Waals surface area contributed by atoms with Gasteiger partial charge in [0.2, 0.25) is 11.9 Å². The summed E-state index contributed by atoms with van der Waals surface area (Å²) in [5.74, 6) is 1.67. The van der Waals surface area contributed by atoms with Crippen LogP contribution in [-0.4, -0.2) is 34.4 Å². The standard InChI is InChI=1S/C20H24N6O/c1-12-9-15(23-20-24-19(21)25-26-20)10-13(2)18(12)14-3-5-16(6-4-14)27-17-7-8-22-11-17/h3-6,9-10,17,22H,7-8,11H2,1-2H3,(H4,21,23,24,25,26). The molecular formula is C20H24N6O. The molecule has 2 heterocycles. The molecule has 0 radical (unpaired) electrons. The number of benzene rings is 2. The number of rotatable bonds is 5. The molecule has 3 aromatic rings. The van der Waals surface area contributed by atoms with Gasteiger partial charge in [0.05, 0.1) is 0 Å². The number of aromatic nitrogens is 3. The third-order valence-corrected chi connectivity index (χ3v) is 4.75. The van der Waals surface area contributed by atoms with Gasteiger partial charge < -0.3 is 21.1 Å². The Bertz CT molecular complexity index is 905. The highest BCUT2D eigenvalue weighted by atomic mass is 16.5. The van der Waals surface area contributed by atoms with Crippen LogP contribution in [-0.2, 0) is 0 Å². The Morgan fingerprint density at radius 2 is 1.89 bits per heavy atom. The summed E-state index contributed by atoms with van der Waals surface area (Å²) >= 11 is 0. The van der Waals surface area contributed by atoms with Crippen molar-refractivity contribution in [2.75, 3.05) is 24.1 Å². The van der Waals surface area contributed by atoms with Gasteiger partial charge in [-0.1, -0.05) is 12.1 Å². The van der Waals surface area contributed by atoms with Gasteiger partial charge in [-0.2, -0.15) is 4.98 Å². The summed E-state index contributed by atoms with van der Waals surface area (Å²) in [5.41, 5.74) is 11.3. The van der Waals surface area contributed by atoms with E-state index >= 15 is 0 Å². The number of aryl methyl sites for hydroxylation is 2. The third-order valence-electron chi connectivity index (χ3n) is 4.75. The number of anilines is 3. The van der Waals surface area contributed by atoms with E-state index in [1.54, 1.807) is 0 Å². The van der Waals surface area contributed by atoms with Crippen LogP contribution in [0.4, 0.5) is 17.6 Å². The number of H-pyrrole nitrogens is 1. The van der Waals surface area contributed by atoms with Gasteiger partial charge in [0, 0.05) is 12.2 Å². The first kappa shape index (κ1) is 17.4. The summed E-state index contributed by atoms with van der Waals surface area (Å²) in [5, 5.41) is 13.1. The molecule has 7 heteroatoms. The van der Waals surface area contributed by atoms with Crippen LogP contribution in [0.5, 0.6) is 5.75 Å². The summed E-state index contributed by atoms with van der Waals surface area (Å²) in [6.45, 7) is 6.16. The molecule has 1 unspecified atom stereocenters. The quantitative estimate of drug-likeness (QED) is 0.555. The summed E-state index contributed by atoms with van der Waals surface area (Å²) in [6.07, 6.45) is 1.33. The number of nitrogen functional groups attached to an aromatic ring is 1. The van der Waals surface area contributed by atoms with Crippen molar-refractivity contribution >= 4 is 17.6 Å². The van der Waals surface area contributed by atoms with Gasteiger partial charge in [-0.3, -0.25) is 0 Å². The van der Waals surface area contributed by atoms with Crippen LogP contribution in [0.15, 0.2) is 36.4 Å². The van der Waals surface area contributed by atoms with E-state index in [0.29, 0.717) is 11.9 Å². The molecule has 0 saturated carbocycles. The van der Waals surface area contributed by atoms with E-state index in [-0.39, 0.29) is 6.10 Å². The normalized spacial score (nSPS) is 16.4. The predicted molar refractivity (Wildman–Crippen MR) is 107 cm³/mol. The lowest BCUT2D eigenvalue weighted by Gasteiger charge is -2.15. The van der Waals surface area contributed by atoms with E-state index in [9.17, 15) is 0 Å². The van der Waals surface area contributed by atoms with Crippen molar-refractivity contribution in [3.8, 4) is 16.9 Å². The Hall–Kier alpha value is -3.06. The fourth-order valence-electron chi connectivity index (χ4n) is 3.57. The van der Waals surface area contributed by atoms with Gasteiger partial charge in [0.1, 0.15) is 11.9 Å². The topological polar surface area (TPSA) is 101 Å². The molecule has 2 aromatic carbocycles. The molecule has 1 saturated heterocycles. The minimum atomic E-state index is 0.273. The molecule has 1 aliphatic heterocycles. The number of hydrogen-bond donors (Lipinski definition) is 4. The fourth-order valence-corrected chi connectivity index (χ4v) is 3.57. The molecule has 1 fully saturated rings. The SMILES string of the molecule is Cc1cc(Nc2n[nH]c(N)n2)cc(C)c1-c1ccc(OC2CCNC2)cc1. The Morgan fingerprint density at radius 1 is 1.15 bits per heavy atom. The second kappa shape index (κ2) is 7.28. The van der Waals surface area contributed by atoms with Crippen LogP contribution in [0.2, 0.25) is 0 Å². The number of nitrogens with zero attached hydrogens (tertiary/aromatic N) is 2. The van der Waals surface area contributed by atoms with Crippen molar-refractivity contribution in [2.24, 2.45) is 0 Å². The van der Waals surface area contributed by atoms with Gasteiger partial charge in [-0.15, -0.1) is 5.10 Å². The molecule has 0 aliphatic carbocycles. The van der Waals surface area contributed by atoms with Crippen molar-refractivity contribution in [2.45, 2.75) is 26.4 Å². The first-order valence-electron chi connectivity index (χ1n) is 9.12. The molecule has 0 bridgehead atoms. The predicted octanol–water partition coefficient (Wildman–Crippen LogP) is 3.16. The van der Waals surface area contributed by atoms with Gasteiger partial charge in [0.15, 0.2) is 0 Å². The van der Waals surface area contributed by atoms with Crippen molar-refractivity contribution in [3.63, 3.8) is 0 Å². The second-order valence-electron chi connectivity index (χ2n) is 6.91. The fraction of sp³-hybridized carbons (Fsp3) is 0.300. The van der Waals surface area contributed by atoms with Crippen molar-refractivity contribution in [1.82, 2.24) is 20.5 Å². The van der Waals surface area contributed by atoms with E-state index in [1.807, 2.05) is 0 Å². The lowest BCUT2D eigenvalue weighted by atomic mass is 9.95. The Morgan fingerprint density at radius 3 is 2.48 bits per heavy atom. The molecule has 1 atom stereocenters. The molecule has 1 aromatic heterocycles. The number of hydrogen-bond acceptors (Lipinski definition) is 6. The molecule has 140 valence electrons. The Kier molecular flexibility index (Phi) is 4.68. The lowest BCUT2D eigenvalue weighted by Crippen LogP contribution is -2.19. The first-order valence-corrected chi connectivity index (χ1v) is 9.12. The smallest absolute Gasteiger partial charge is 0.248 e. The van der Waals surface area contributed by atoms with E-state index in [4.69, 9.17) is 10.5 Å². The molecule has 4 rings (SSSR count). The number of nitrogens with one attached hydrogen (secondary N) is 3. The number of aromatic amines is 1. The minimum absolute atomic E-state index is 0.273. The van der Waals surface area contributed by atoms with Crippen LogP contribution in [0.1, 0.15) is 17.5 Å². The van der Waals surface area contributed by atoms with Gasteiger partial charge in [0.25, 0.3) is 0 Å². The molecule has 7 nitrogen and oxygen atoms in total. The zero-order chi connectivity index (χ0) is 18.8. The van der Waals surface area contributed by atoms with Crippen molar-refractivity contribution in [1.29, 1.82) is 0 Å². The summed E-state index contributed by atoms with van der Waals surface area (Å²) in [6, 6.07) is 12.5. The van der Waals surface area contributed by atoms with Gasteiger partial charge >= 0.3 is 0 Å². The number of nitrogens with two attached hydrogens (primary N) is 1. The third kappa shape index (κ3) is 3.88.